The number of unbranched alkanes of at least 4 members (excludes halogenated alkanes) is 1. The molecule has 0 radical (unpaired) electrons. The summed E-state index contributed by atoms with van der Waals surface area (Å²) in [7, 11) is 1.52. The van der Waals surface area contributed by atoms with Crippen molar-refractivity contribution in [3.63, 3.8) is 0 Å². The van der Waals surface area contributed by atoms with E-state index in [1.54, 1.807) is 42.5 Å². The lowest BCUT2D eigenvalue weighted by molar-refractivity contribution is -0.132. The average molecular weight is 577 g/mol. The number of halogens is 1. The zero-order chi connectivity index (χ0) is 29.1. The molecule has 8 nitrogen and oxygen atoms in total. The van der Waals surface area contributed by atoms with Crippen LogP contribution < -0.4 is 19.1 Å². The maximum absolute atomic E-state index is 13.9. The third-order valence-electron chi connectivity index (χ3n) is 6.69. The molecule has 41 heavy (non-hydrogen) atoms. The second-order valence-electron chi connectivity index (χ2n) is 9.35. The summed E-state index contributed by atoms with van der Waals surface area (Å²) in [6, 6.07) is 14.8. The molecule has 0 saturated carbocycles. The number of ketones is 1. The molecule has 1 aromatic heterocycles. The van der Waals surface area contributed by atoms with E-state index >= 15 is 0 Å². The molecule has 0 aliphatic carbocycles. The number of carbonyl (C=O) groups is 2. The van der Waals surface area contributed by atoms with Gasteiger partial charge in [-0.15, -0.1) is 0 Å². The minimum atomic E-state index is -1.04. The Morgan fingerprint density at radius 1 is 1.02 bits per heavy atom. The van der Waals surface area contributed by atoms with Crippen LogP contribution in [0.1, 0.15) is 43.9 Å². The highest BCUT2D eigenvalue weighted by Crippen LogP contribution is 2.46. The Balaban J connectivity index is 1.68. The van der Waals surface area contributed by atoms with Gasteiger partial charge in [0.1, 0.15) is 17.3 Å². The van der Waals surface area contributed by atoms with Gasteiger partial charge in [0.25, 0.3) is 5.78 Å². The lowest BCUT2D eigenvalue weighted by atomic mass is 9.95. The van der Waals surface area contributed by atoms with E-state index in [0.29, 0.717) is 51.8 Å². The fraction of sp³-hybridized carbons (Fsp3) is 0.258. The molecule has 4 aromatic rings. The lowest BCUT2D eigenvalue weighted by Gasteiger charge is -2.24. The Hall–Kier alpha value is -4.44. The molecule has 1 saturated heterocycles. The number of thiazole rings is 1. The van der Waals surface area contributed by atoms with Crippen LogP contribution in [0.5, 0.6) is 17.2 Å². The van der Waals surface area contributed by atoms with Gasteiger partial charge >= 0.3 is 5.91 Å². The summed E-state index contributed by atoms with van der Waals surface area (Å²) in [6.45, 7) is 4.79. The van der Waals surface area contributed by atoms with E-state index in [0.717, 1.165) is 24.2 Å². The summed E-state index contributed by atoms with van der Waals surface area (Å²) in [4.78, 5) is 32.9. The topological polar surface area (TPSA) is 98.2 Å². The van der Waals surface area contributed by atoms with Gasteiger partial charge in [-0.3, -0.25) is 14.5 Å². The van der Waals surface area contributed by atoms with Crippen LogP contribution in [-0.4, -0.2) is 42.1 Å². The van der Waals surface area contributed by atoms with E-state index in [4.69, 9.17) is 14.2 Å². The summed E-state index contributed by atoms with van der Waals surface area (Å²) in [5.74, 6) is -0.951. The van der Waals surface area contributed by atoms with Crippen molar-refractivity contribution < 1.29 is 33.3 Å². The summed E-state index contributed by atoms with van der Waals surface area (Å²) < 4.78 is 31.5. The van der Waals surface area contributed by atoms with E-state index in [9.17, 15) is 19.1 Å². The molecular formula is C31H29FN2O6S. The molecular weight excluding hydrogens is 547 g/mol. The summed E-state index contributed by atoms with van der Waals surface area (Å²) >= 11 is 1.08. The Kier molecular flexibility index (Phi) is 8.21. The first-order valence-corrected chi connectivity index (χ1v) is 14.1. The number of hydrogen-bond acceptors (Lipinski definition) is 8. The Labute approximate surface area is 240 Å². The molecule has 5 rings (SSSR count). The average Bonchev–Trinajstić information content (AvgIpc) is 3.51. The molecule has 1 unspecified atom stereocenters. The molecule has 10 heteroatoms. The van der Waals surface area contributed by atoms with Crippen molar-refractivity contribution in [2.45, 2.75) is 32.7 Å². The van der Waals surface area contributed by atoms with E-state index in [2.05, 4.69) is 11.9 Å². The normalized spacial score (nSPS) is 16.4. The number of ether oxygens (including phenoxy) is 3. The maximum Gasteiger partial charge on any atom is 0.301 e. The van der Waals surface area contributed by atoms with Crippen molar-refractivity contribution in [1.29, 1.82) is 0 Å². The van der Waals surface area contributed by atoms with Crippen LogP contribution in [0.25, 0.3) is 16.0 Å². The number of aliphatic hydroxyl groups is 1. The van der Waals surface area contributed by atoms with Gasteiger partial charge in [-0.25, -0.2) is 9.37 Å². The molecule has 0 spiro atoms. The minimum absolute atomic E-state index is 0.104. The summed E-state index contributed by atoms with van der Waals surface area (Å²) in [5.41, 5.74) is 1.23. The van der Waals surface area contributed by atoms with Crippen molar-refractivity contribution in [3.8, 4) is 17.2 Å². The zero-order valence-corrected chi connectivity index (χ0v) is 23.7. The molecule has 2 heterocycles. The van der Waals surface area contributed by atoms with E-state index in [-0.39, 0.29) is 16.5 Å². The van der Waals surface area contributed by atoms with Gasteiger partial charge in [0, 0.05) is 5.56 Å². The number of amides is 1. The highest BCUT2D eigenvalue weighted by molar-refractivity contribution is 7.22. The van der Waals surface area contributed by atoms with Crippen LogP contribution in [-0.2, 0) is 9.59 Å². The number of aromatic nitrogens is 1. The Morgan fingerprint density at radius 2 is 1.80 bits per heavy atom. The number of nitrogens with zero attached hydrogens (tertiary/aromatic N) is 2. The van der Waals surface area contributed by atoms with Gasteiger partial charge in [0.2, 0.25) is 0 Å². The largest absolute Gasteiger partial charge is 0.507 e. The van der Waals surface area contributed by atoms with Crippen LogP contribution in [0.4, 0.5) is 9.52 Å². The molecule has 1 aliphatic heterocycles. The number of rotatable bonds is 10. The SMILES string of the molecule is CCCCOc1ccc(C2/C(=C(\O)c3ccc(OC)cc3)C(=O)C(=O)N2c2nc3ccc(F)cc3s2)cc1OCC. The molecule has 3 aromatic carbocycles. The highest BCUT2D eigenvalue weighted by atomic mass is 32.1. The number of aliphatic hydroxyl groups excluding tert-OH is 1. The second-order valence-corrected chi connectivity index (χ2v) is 10.4. The third kappa shape index (κ3) is 5.47. The smallest absolute Gasteiger partial charge is 0.301 e. The van der Waals surface area contributed by atoms with Gasteiger partial charge in [-0.1, -0.05) is 30.7 Å². The first-order valence-electron chi connectivity index (χ1n) is 13.3. The molecule has 0 bridgehead atoms. The third-order valence-corrected chi connectivity index (χ3v) is 7.71. The fourth-order valence-corrected chi connectivity index (χ4v) is 5.66. The first-order chi connectivity index (χ1) is 19.9. The van der Waals surface area contributed by atoms with Gasteiger partial charge in [-0.2, -0.15) is 0 Å². The number of methoxy groups -OCH3 is 1. The maximum atomic E-state index is 13.9. The van der Waals surface area contributed by atoms with Gasteiger partial charge in [0.05, 0.1) is 42.2 Å². The van der Waals surface area contributed by atoms with E-state index < -0.39 is 23.5 Å². The molecule has 1 N–H and O–H groups in total. The molecule has 1 fully saturated rings. The van der Waals surface area contributed by atoms with Crippen LogP contribution >= 0.6 is 11.3 Å². The van der Waals surface area contributed by atoms with Crippen molar-refractivity contribution >= 4 is 44.1 Å². The molecule has 1 amide bonds. The predicted molar refractivity (Wildman–Crippen MR) is 155 cm³/mol. The van der Waals surface area contributed by atoms with Crippen LogP contribution in [0.2, 0.25) is 0 Å². The minimum Gasteiger partial charge on any atom is -0.507 e. The van der Waals surface area contributed by atoms with Crippen molar-refractivity contribution in [3.05, 3.63) is 83.2 Å². The van der Waals surface area contributed by atoms with Crippen molar-refractivity contribution in [2.75, 3.05) is 25.2 Å². The number of benzene rings is 3. The fourth-order valence-electron chi connectivity index (χ4n) is 4.65. The first kappa shape index (κ1) is 28.1. The number of fused-ring (bicyclic) bond motifs is 1. The van der Waals surface area contributed by atoms with Gasteiger partial charge in [-0.05, 0) is 73.5 Å². The highest BCUT2D eigenvalue weighted by Gasteiger charge is 2.48. The number of carbonyl (C=O) groups excluding carboxylic acids is 2. The number of hydrogen-bond donors (Lipinski definition) is 1. The van der Waals surface area contributed by atoms with Crippen molar-refractivity contribution in [2.24, 2.45) is 0 Å². The second kappa shape index (κ2) is 12.0. The molecule has 1 aliphatic rings. The van der Waals surface area contributed by atoms with Crippen LogP contribution in [0, 0.1) is 5.82 Å². The van der Waals surface area contributed by atoms with E-state index in [1.165, 1.54) is 30.2 Å². The summed E-state index contributed by atoms with van der Waals surface area (Å²) in [6.07, 6.45) is 1.84. The number of Topliss-reactive ketones (excluding diaryl/α,β-unsaturated/α-hetero) is 1. The zero-order valence-electron chi connectivity index (χ0n) is 22.8. The van der Waals surface area contributed by atoms with Crippen molar-refractivity contribution in [1.82, 2.24) is 4.98 Å². The quantitative estimate of drug-likeness (QED) is 0.0977. The number of anilines is 1. The predicted octanol–water partition coefficient (Wildman–Crippen LogP) is 6.65. The van der Waals surface area contributed by atoms with Crippen LogP contribution in [0.3, 0.4) is 0 Å². The molecule has 212 valence electrons. The monoisotopic (exact) mass is 576 g/mol. The summed E-state index contributed by atoms with van der Waals surface area (Å²) in [5, 5.41) is 11.6. The van der Waals surface area contributed by atoms with Gasteiger partial charge < -0.3 is 19.3 Å². The Morgan fingerprint density at radius 3 is 2.51 bits per heavy atom. The standard InChI is InChI=1S/C31H29FN2O6S/c1-4-6-15-40-23-14-9-19(16-24(23)39-5-2)27-26(28(35)18-7-11-21(38-3)12-8-18)29(36)30(37)34(27)31-33-22-13-10-20(32)17-25(22)41-31/h7-14,16-17,27,35H,4-6,15H2,1-3H3/b28-26+. The van der Waals surface area contributed by atoms with Gasteiger partial charge in [0.15, 0.2) is 16.6 Å². The molecule has 1 atom stereocenters. The van der Waals surface area contributed by atoms with E-state index in [1.807, 2.05) is 6.92 Å². The lowest BCUT2D eigenvalue weighted by Crippen LogP contribution is -2.29. The van der Waals surface area contributed by atoms with Crippen LogP contribution in [0.15, 0.2) is 66.2 Å². The Bertz CT molecular complexity index is 1630.